The largest absolute Gasteiger partial charge is 0.367 e. The summed E-state index contributed by atoms with van der Waals surface area (Å²) in [5.41, 5.74) is 4.04. The molecule has 0 bridgehead atoms. The van der Waals surface area contributed by atoms with E-state index in [1.54, 1.807) is 12.1 Å². The van der Waals surface area contributed by atoms with E-state index in [1.165, 1.54) is 11.3 Å². The first-order valence-corrected chi connectivity index (χ1v) is 10.5. The first kappa shape index (κ1) is 17.8. The molecule has 0 atom stereocenters. The number of aromatic nitrogens is 1. The average molecular weight is 382 g/mol. The van der Waals surface area contributed by atoms with Gasteiger partial charge in [-0.2, -0.15) is 0 Å². The van der Waals surface area contributed by atoms with Crippen LogP contribution < -0.4 is 14.9 Å². The maximum Gasteiger partial charge on any atom is 0.240 e. The molecule has 3 aromatic rings. The molecule has 1 aliphatic heterocycles. The average Bonchev–Trinajstić information content (AvgIpc) is 2.67. The van der Waals surface area contributed by atoms with E-state index in [2.05, 4.69) is 39.9 Å². The van der Waals surface area contributed by atoms with E-state index < -0.39 is 10.0 Å². The molecule has 4 rings (SSSR count). The Hall–Kier alpha value is -2.64. The molecule has 1 aliphatic rings. The van der Waals surface area contributed by atoms with Gasteiger partial charge in [0.15, 0.2) is 0 Å². The van der Waals surface area contributed by atoms with E-state index in [4.69, 9.17) is 5.14 Å². The van der Waals surface area contributed by atoms with E-state index in [1.807, 2.05) is 24.4 Å². The number of benzene rings is 2. The number of sulfonamides is 1. The minimum Gasteiger partial charge on any atom is -0.367 e. The van der Waals surface area contributed by atoms with Gasteiger partial charge in [0.1, 0.15) is 4.90 Å². The molecule has 0 saturated carbocycles. The minimum atomic E-state index is -3.75. The molecule has 0 radical (unpaired) electrons. The highest BCUT2D eigenvalue weighted by molar-refractivity contribution is 7.89. The normalized spacial score (nSPS) is 15.3. The molecular weight excluding hydrogens is 360 g/mol. The summed E-state index contributed by atoms with van der Waals surface area (Å²) in [5, 5.41) is 6.54. The molecule has 2 aromatic carbocycles. The van der Waals surface area contributed by atoms with Crippen molar-refractivity contribution >= 4 is 32.3 Å². The summed E-state index contributed by atoms with van der Waals surface area (Å²) in [7, 11) is -3.75. The van der Waals surface area contributed by atoms with Crippen LogP contribution in [-0.2, 0) is 10.0 Å². The Kier molecular flexibility index (Phi) is 4.49. The number of piperazine rings is 1. The van der Waals surface area contributed by atoms with Gasteiger partial charge in [0.2, 0.25) is 10.0 Å². The van der Waals surface area contributed by atoms with Gasteiger partial charge in [-0.25, -0.2) is 13.6 Å². The van der Waals surface area contributed by atoms with Gasteiger partial charge in [-0.15, -0.1) is 0 Å². The number of hydrogen-bond acceptors (Lipinski definition) is 5. The second-order valence-corrected chi connectivity index (χ2v) is 8.37. The fourth-order valence-electron chi connectivity index (χ4n) is 3.67. The fraction of sp³-hybridized carbons (Fsp3) is 0.250. The van der Waals surface area contributed by atoms with Gasteiger partial charge >= 0.3 is 0 Å². The number of fused-ring (bicyclic) bond motifs is 1. The second kappa shape index (κ2) is 6.83. The van der Waals surface area contributed by atoms with Gasteiger partial charge < -0.3 is 9.80 Å². The lowest BCUT2D eigenvalue weighted by Crippen LogP contribution is -2.47. The zero-order valence-electron chi connectivity index (χ0n) is 15.2. The summed E-state index contributed by atoms with van der Waals surface area (Å²) in [6.07, 6.45) is 1.84. The topological polar surface area (TPSA) is 79.5 Å². The molecule has 1 saturated heterocycles. The third-order valence-electron chi connectivity index (χ3n) is 5.01. The predicted molar refractivity (Wildman–Crippen MR) is 109 cm³/mol. The monoisotopic (exact) mass is 382 g/mol. The lowest BCUT2D eigenvalue weighted by Gasteiger charge is -2.38. The van der Waals surface area contributed by atoms with E-state index in [0.717, 1.165) is 37.1 Å². The molecule has 1 fully saturated rings. The zero-order chi connectivity index (χ0) is 19.0. The molecular formula is C20H22N4O2S. The van der Waals surface area contributed by atoms with Crippen LogP contribution >= 0.6 is 0 Å². The highest BCUT2D eigenvalue weighted by Crippen LogP contribution is 2.29. The number of hydrogen-bond donors (Lipinski definition) is 1. The highest BCUT2D eigenvalue weighted by Gasteiger charge is 2.23. The maximum absolute atomic E-state index is 11.9. The molecule has 0 aliphatic carbocycles. The van der Waals surface area contributed by atoms with Crippen molar-refractivity contribution in [3.8, 4) is 0 Å². The fourth-order valence-corrected chi connectivity index (χ4v) is 4.43. The van der Waals surface area contributed by atoms with Crippen LogP contribution in [0.1, 0.15) is 5.56 Å². The number of pyridine rings is 1. The molecule has 6 nitrogen and oxygen atoms in total. The number of primary sulfonamides is 1. The van der Waals surface area contributed by atoms with Gasteiger partial charge in [-0.05, 0) is 37.3 Å². The number of anilines is 2. The van der Waals surface area contributed by atoms with Crippen LogP contribution in [0.4, 0.5) is 11.4 Å². The Morgan fingerprint density at radius 1 is 0.926 bits per heavy atom. The first-order valence-electron chi connectivity index (χ1n) is 8.90. The molecule has 0 spiro atoms. The van der Waals surface area contributed by atoms with E-state index >= 15 is 0 Å². The zero-order valence-corrected chi connectivity index (χ0v) is 16.0. The summed E-state index contributed by atoms with van der Waals surface area (Å²) < 4.78 is 23.8. The summed E-state index contributed by atoms with van der Waals surface area (Å²) in [6, 6.07) is 15.3. The van der Waals surface area contributed by atoms with Gasteiger partial charge in [0.05, 0.1) is 11.2 Å². The van der Waals surface area contributed by atoms with Crippen LogP contribution in [0.25, 0.3) is 10.9 Å². The first-order chi connectivity index (χ1) is 12.9. The third kappa shape index (κ3) is 3.48. The molecule has 7 heteroatoms. The molecule has 140 valence electrons. The Morgan fingerprint density at radius 2 is 1.59 bits per heavy atom. The predicted octanol–water partition coefficient (Wildman–Crippen LogP) is 2.52. The second-order valence-electron chi connectivity index (χ2n) is 6.84. The summed E-state index contributed by atoms with van der Waals surface area (Å²) in [4.78, 5) is 9.07. The Bertz CT molecular complexity index is 1090. The van der Waals surface area contributed by atoms with Crippen molar-refractivity contribution in [3.05, 3.63) is 60.3 Å². The number of nitrogens with zero attached hydrogens (tertiary/aromatic N) is 3. The molecule has 2 N–H and O–H groups in total. The minimum absolute atomic E-state index is 0.184. The summed E-state index contributed by atoms with van der Waals surface area (Å²) >= 11 is 0. The van der Waals surface area contributed by atoms with Crippen molar-refractivity contribution in [3.63, 3.8) is 0 Å². The van der Waals surface area contributed by atoms with Gasteiger partial charge in [0.25, 0.3) is 0 Å². The van der Waals surface area contributed by atoms with Crippen molar-refractivity contribution in [1.29, 1.82) is 0 Å². The van der Waals surface area contributed by atoms with Crippen LogP contribution in [-0.4, -0.2) is 39.6 Å². The number of rotatable bonds is 3. The summed E-state index contributed by atoms with van der Waals surface area (Å²) in [6.45, 7) is 5.13. The Morgan fingerprint density at radius 3 is 2.30 bits per heavy atom. The van der Waals surface area contributed by atoms with E-state index in [9.17, 15) is 8.42 Å². The van der Waals surface area contributed by atoms with E-state index in [0.29, 0.717) is 5.69 Å². The number of aryl methyl sites for hydroxylation is 1. The molecule has 0 unspecified atom stereocenters. The number of para-hydroxylation sites is 1. The third-order valence-corrected chi connectivity index (χ3v) is 5.97. The van der Waals surface area contributed by atoms with Crippen molar-refractivity contribution < 1.29 is 8.42 Å². The number of nitrogens with two attached hydrogens (primary N) is 1. The van der Waals surface area contributed by atoms with Crippen LogP contribution in [0.2, 0.25) is 0 Å². The SMILES string of the molecule is Cc1ccc2nccc(N3CCN(c4ccccc4S(N)(=O)=O)CC3)c2c1. The lowest BCUT2D eigenvalue weighted by molar-refractivity contribution is 0.595. The van der Waals surface area contributed by atoms with Gasteiger partial charge in [-0.1, -0.05) is 23.8 Å². The smallest absolute Gasteiger partial charge is 0.240 e. The molecule has 27 heavy (non-hydrogen) atoms. The van der Waals surface area contributed by atoms with Crippen molar-refractivity contribution in [1.82, 2.24) is 4.98 Å². The Balaban J connectivity index is 1.60. The molecule has 1 aromatic heterocycles. The highest BCUT2D eigenvalue weighted by atomic mass is 32.2. The van der Waals surface area contributed by atoms with Crippen LogP contribution in [0.3, 0.4) is 0 Å². The quantitative estimate of drug-likeness (QED) is 0.753. The molecule has 0 amide bonds. The van der Waals surface area contributed by atoms with Crippen molar-refractivity contribution in [2.75, 3.05) is 36.0 Å². The Labute approximate surface area is 159 Å². The van der Waals surface area contributed by atoms with Crippen molar-refractivity contribution in [2.45, 2.75) is 11.8 Å². The summed E-state index contributed by atoms with van der Waals surface area (Å²) in [5.74, 6) is 0. The standard InChI is InChI=1S/C20H22N4O2S/c1-15-6-7-17-16(14-15)18(8-9-22-17)23-10-12-24(13-11-23)19-4-2-3-5-20(19)27(21,25)26/h2-9,14H,10-13H2,1H3,(H2,21,25,26). The van der Waals surface area contributed by atoms with Gasteiger partial charge in [0, 0.05) is 43.4 Å². The van der Waals surface area contributed by atoms with Crippen LogP contribution in [0.5, 0.6) is 0 Å². The molecule has 2 heterocycles. The van der Waals surface area contributed by atoms with Crippen molar-refractivity contribution in [2.24, 2.45) is 5.14 Å². The lowest BCUT2D eigenvalue weighted by atomic mass is 10.1. The maximum atomic E-state index is 11.9. The van der Waals surface area contributed by atoms with E-state index in [-0.39, 0.29) is 4.90 Å². The van der Waals surface area contributed by atoms with Crippen LogP contribution in [0.15, 0.2) is 59.6 Å². The van der Waals surface area contributed by atoms with Crippen LogP contribution in [0, 0.1) is 6.92 Å². The van der Waals surface area contributed by atoms with Gasteiger partial charge in [-0.3, -0.25) is 4.98 Å².